The highest BCUT2D eigenvalue weighted by Gasteiger charge is 2.61. The number of alkyl halides is 3. The van der Waals surface area contributed by atoms with E-state index in [1.807, 2.05) is 0 Å². The van der Waals surface area contributed by atoms with E-state index >= 15 is 0 Å². The SMILES string of the molecule is CC(=O)c1cc(-c2cnn(C)c2)cc2c1-c1ccccc1C2(O)C(F)(F)F. The van der Waals surface area contributed by atoms with Gasteiger partial charge >= 0.3 is 6.18 Å². The Hall–Kier alpha value is -2.93. The molecule has 27 heavy (non-hydrogen) atoms. The molecule has 138 valence electrons. The van der Waals surface area contributed by atoms with E-state index in [0.29, 0.717) is 11.1 Å². The van der Waals surface area contributed by atoms with E-state index in [0.717, 1.165) is 0 Å². The van der Waals surface area contributed by atoms with Gasteiger partial charge in [-0.05, 0) is 35.7 Å². The highest BCUT2D eigenvalue weighted by Crippen LogP contribution is 2.56. The highest BCUT2D eigenvalue weighted by molar-refractivity contribution is 6.05. The predicted molar refractivity (Wildman–Crippen MR) is 93.1 cm³/mol. The van der Waals surface area contributed by atoms with Crippen LogP contribution in [-0.2, 0) is 12.6 Å². The Morgan fingerprint density at radius 3 is 2.44 bits per heavy atom. The third kappa shape index (κ3) is 2.35. The van der Waals surface area contributed by atoms with Crippen LogP contribution in [0.1, 0.15) is 28.4 Å². The average molecular weight is 372 g/mol. The van der Waals surface area contributed by atoms with Gasteiger partial charge in [-0.25, -0.2) is 0 Å². The largest absolute Gasteiger partial charge is 0.425 e. The van der Waals surface area contributed by atoms with Crippen molar-refractivity contribution >= 4 is 5.78 Å². The van der Waals surface area contributed by atoms with Gasteiger partial charge < -0.3 is 5.11 Å². The first-order valence-corrected chi connectivity index (χ1v) is 8.22. The fourth-order valence-electron chi connectivity index (χ4n) is 3.70. The fraction of sp³-hybridized carbons (Fsp3) is 0.200. The average Bonchev–Trinajstić information content (AvgIpc) is 3.15. The lowest BCUT2D eigenvalue weighted by atomic mass is 9.87. The molecule has 4 rings (SSSR count). The van der Waals surface area contributed by atoms with Gasteiger partial charge in [0, 0.05) is 35.5 Å². The number of carbonyl (C=O) groups is 1. The number of rotatable bonds is 2. The smallest absolute Gasteiger partial charge is 0.372 e. The van der Waals surface area contributed by atoms with Crippen molar-refractivity contribution in [2.75, 3.05) is 0 Å². The summed E-state index contributed by atoms with van der Waals surface area (Å²) in [5.41, 5.74) is -2.34. The summed E-state index contributed by atoms with van der Waals surface area (Å²) >= 11 is 0. The zero-order chi connectivity index (χ0) is 19.6. The summed E-state index contributed by atoms with van der Waals surface area (Å²) in [7, 11) is 1.69. The molecule has 4 nitrogen and oxygen atoms in total. The van der Waals surface area contributed by atoms with Crippen molar-refractivity contribution in [2.45, 2.75) is 18.7 Å². The number of aromatic nitrogens is 2. The Labute approximate surface area is 152 Å². The summed E-state index contributed by atoms with van der Waals surface area (Å²) in [6.45, 7) is 1.30. The van der Waals surface area contributed by atoms with Gasteiger partial charge in [0.2, 0.25) is 5.60 Å². The number of benzene rings is 2. The maximum absolute atomic E-state index is 14.0. The van der Waals surface area contributed by atoms with Crippen molar-refractivity contribution in [3.63, 3.8) is 0 Å². The molecule has 3 aromatic rings. The molecule has 0 saturated carbocycles. The molecule has 1 heterocycles. The van der Waals surface area contributed by atoms with Crippen molar-refractivity contribution in [1.82, 2.24) is 9.78 Å². The Bertz CT molecular complexity index is 1090. The lowest BCUT2D eigenvalue weighted by Crippen LogP contribution is -2.41. The highest BCUT2D eigenvalue weighted by atomic mass is 19.4. The lowest BCUT2D eigenvalue weighted by molar-refractivity contribution is -0.246. The first-order chi connectivity index (χ1) is 12.6. The zero-order valence-electron chi connectivity index (χ0n) is 14.5. The van der Waals surface area contributed by atoms with Crippen LogP contribution in [0.3, 0.4) is 0 Å². The Morgan fingerprint density at radius 2 is 1.85 bits per heavy atom. The summed E-state index contributed by atoms with van der Waals surface area (Å²) < 4.78 is 43.6. The summed E-state index contributed by atoms with van der Waals surface area (Å²) in [4.78, 5) is 12.3. The lowest BCUT2D eigenvalue weighted by Gasteiger charge is -2.28. The number of Topliss-reactive ketones (excluding diaryl/α,β-unsaturated/α-hetero) is 1. The number of fused-ring (bicyclic) bond motifs is 3. The molecule has 0 fully saturated rings. The van der Waals surface area contributed by atoms with Crippen LogP contribution in [0.2, 0.25) is 0 Å². The Morgan fingerprint density at radius 1 is 1.15 bits per heavy atom. The minimum Gasteiger partial charge on any atom is -0.372 e. The van der Waals surface area contributed by atoms with E-state index in [4.69, 9.17) is 0 Å². The Kier molecular flexibility index (Phi) is 3.58. The zero-order valence-corrected chi connectivity index (χ0v) is 14.5. The van der Waals surface area contributed by atoms with Crippen molar-refractivity contribution in [3.8, 4) is 22.3 Å². The number of hydrogen-bond donors (Lipinski definition) is 1. The van der Waals surface area contributed by atoms with Crippen molar-refractivity contribution < 1.29 is 23.1 Å². The van der Waals surface area contributed by atoms with E-state index in [-0.39, 0.29) is 33.6 Å². The molecule has 0 aliphatic heterocycles. The van der Waals surface area contributed by atoms with Crippen LogP contribution >= 0.6 is 0 Å². The molecule has 0 radical (unpaired) electrons. The van der Waals surface area contributed by atoms with Gasteiger partial charge in [0.25, 0.3) is 0 Å². The second-order valence-electron chi connectivity index (χ2n) is 6.66. The van der Waals surface area contributed by atoms with Crippen molar-refractivity contribution in [1.29, 1.82) is 0 Å². The minimum atomic E-state index is -4.95. The molecule has 7 heteroatoms. The monoisotopic (exact) mass is 372 g/mol. The first-order valence-electron chi connectivity index (χ1n) is 8.22. The van der Waals surface area contributed by atoms with E-state index < -0.39 is 11.8 Å². The van der Waals surface area contributed by atoms with Gasteiger partial charge in [0.15, 0.2) is 5.78 Å². The number of aliphatic hydroxyl groups is 1. The second kappa shape index (κ2) is 5.53. The van der Waals surface area contributed by atoms with Crippen molar-refractivity contribution in [2.24, 2.45) is 7.05 Å². The topological polar surface area (TPSA) is 55.1 Å². The molecule has 1 aliphatic rings. The van der Waals surface area contributed by atoms with Crippen LogP contribution in [0, 0.1) is 0 Å². The molecule has 1 aromatic heterocycles. The van der Waals surface area contributed by atoms with Crippen LogP contribution in [0.15, 0.2) is 48.8 Å². The fourth-order valence-corrected chi connectivity index (χ4v) is 3.70. The van der Waals surface area contributed by atoms with Gasteiger partial charge in [-0.1, -0.05) is 24.3 Å². The molecule has 0 saturated heterocycles. The van der Waals surface area contributed by atoms with E-state index in [1.54, 1.807) is 25.4 Å². The molecule has 1 atom stereocenters. The minimum absolute atomic E-state index is 0.130. The maximum atomic E-state index is 14.0. The molecule has 0 bridgehead atoms. The standard InChI is InChI=1S/C20H15F3N2O2/c1-11(26)15-7-12(13-9-24-25(2)10-13)8-17-18(15)14-5-3-4-6-16(14)19(17,27)20(21,22)23/h3-10,27H,1-2H3. The summed E-state index contributed by atoms with van der Waals surface area (Å²) in [5, 5.41) is 14.9. The molecule has 2 aromatic carbocycles. The Balaban J connectivity index is 2.12. The van der Waals surface area contributed by atoms with E-state index in [1.165, 1.54) is 42.1 Å². The molecule has 1 unspecified atom stereocenters. The van der Waals surface area contributed by atoms with Crippen molar-refractivity contribution in [3.05, 3.63) is 65.5 Å². The number of nitrogens with zero attached hydrogens (tertiary/aromatic N) is 2. The first kappa shape index (κ1) is 17.5. The molecular formula is C20H15F3N2O2. The number of halogens is 3. The van der Waals surface area contributed by atoms with Gasteiger partial charge in [0.05, 0.1) is 6.20 Å². The number of ketones is 1. The quantitative estimate of drug-likeness (QED) is 0.690. The van der Waals surface area contributed by atoms with E-state index in [2.05, 4.69) is 5.10 Å². The van der Waals surface area contributed by atoms with Gasteiger partial charge in [-0.15, -0.1) is 0 Å². The van der Waals surface area contributed by atoms with Gasteiger partial charge in [-0.3, -0.25) is 9.48 Å². The number of aryl methyl sites for hydroxylation is 1. The predicted octanol–water partition coefficient (Wildman–Crippen LogP) is 4.07. The van der Waals surface area contributed by atoms with Gasteiger partial charge in [0.1, 0.15) is 0 Å². The third-order valence-corrected chi connectivity index (χ3v) is 4.94. The van der Waals surface area contributed by atoms with Gasteiger partial charge in [-0.2, -0.15) is 18.3 Å². The van der Waals surface area contributed by atoms with Crippen LogP contribution in [-0.4, -0.2) is 26.8 Å². The van der Waals surface area contributed by atoms with Crippen LogP contribution in [0.4, 0.5) is 13.2 Å². The maximum Gasteiger partial charge on any atom is 0.425 e. The number of hydrogen-bond acceptors (Lipinski definition) is 3. The molecule has 1 aliphatic carbocycles. The molecular weight excluding hydrogens is 357 g/mol. The summed E-state index contributed by atoms with van der Waals surface area (Å²) in [5.74, 6) is -0.377. The molecule has 0 spiro atoms. The summed E-state index contributed by atoms with van der Waals surface area (Å²) in [6, 6.07) is 8.62. The van der Waals surface area contributed by atoms with E-state index in [9.17, 15) is 23.1 Å². The molecule has 1 N–H and O–H groups in total. The second-order valence-corrected chi connectivity index (χ2v) is 6.66. The van der Waals surface area contributed by atoms with Crippen LogP contribution in [0.5, 0.6) is 0 Å². The van der Waals surface area contributed by atoms with Crippen LogP contribution < -0.4 is 0 Å². The molecule has 0 amide bonds. The third-order valence-electron chi connectivity index (χ3n) is 4.94. The normalized spacial score (nSPS) is 18.3. The summed E-state index contributed by atoms with van der Waals surface area (Å²) in [6.07, 6.45) is -1.81. The number of carbonyl (C=O) groups excluding carboxylic acids is 1. The van der Waals surface area contributed by atoms with Crippen LogP contribution in [0.25, 0.3) is 22.3 Å².